The van der Waals surface area contributed by atoms with Crippen LogP contribution in [0.15, 0.2) is 24.3 Å². The van der Waals surface area contributed by atoms with E-state index in [1.807, 2.05) is 0 Å². The topological polar surface area (TPSA) is 88.7 Å². The molecule has 2 rings (SSSR count). The molecule has 0 aliphatic heterocycles. The first-order valence-corrected chi connectivity index (χ1v) is 9.97. The molecule has 1 amide bonds. The average Bonchev–Trinajstić information content (AvgIpc) is 3.03. The van der Waals surface area contributed by atoms with Gasteiger partial charge in [0.1, 0.15) is 5.69 Å². The summed E-state index contributed by atoms with van der Waals surface area (Å²) in [5.74, 6) is -1.07. The fourth-order valence-corrected chi connectivity index (χ4v) is 3.51. The molecule has 0 saturated carbocycles. The maximum absolute atomic E-state index is 13.4. The van der Waals surface area contributed by atoms with E-state index in [-0.39, 0.29) is 17.4 Å². The molecule has 0 aliphatic rings. The Morgan fingerprint density at radius 3 is 2.33 bits per heavy atom. The van der Waals surface area contributed by atoms with E-state index < -0.39 is 12.0 Å². The van der Waals surface area contributed by atoms with Crippen molar-refractivity contribution in [3.8, 4) is 0 Å². The van der Waals surface area contributed by atoms with Gasteiger partial charge in [0.25, 0.3) is 5.91 Å². The highest BCUT2D eigenvalue weighted by Crippen LogP contribution is 2.23. The van der Waals surface area contributed by atoms with E-state index in [1.165, 1.54) is 12.0 Å². The molecule has 0 fully saturated rings. The zero-order chi connectivity index (χ0) is 22.4. The van der Waals surface area contributed by atoms with E-state index in [1.54, 1.807) is 52.1 Å². The summed E-state index contributed by atoms with van der Waals surface area (Å²) in [6.45, 7) is 5.89. The number of carbonyl (C=O) groups excluding carboxylic acids is 3. The van der Waals surface area contributed by atoms with Crippen LogP contribution in [0, 0.1) is 13.8 Å². The molecule has 1 N–H and O–H groups in total. The first-order chi connectivity index (χ1) is 14.2. The summed E-state index contributed by atoms with van der Waals surface area (Å²) < 4.78 is 9.88. The summed E-state index contributed by atoms with van der Waals surface area (Å²) in [5.41, 5.74) is 2.13. The van der Waals surface area contributed by atoms with Crippen LogP contribution in [-0.2, 0) is 9.47 Å². The standard InChI is InChI=1S/C22H27ClN2O5/c1-13-18(14(2)24-19(13)22(28)30-5)20(26)15(3)25(11-6-12-29-4)21(27)16-7-9-17(23)10-8-16/h7-10,15,24H,6,11-12H2,1-5H3/t15-/m0/s1. The number of benzene rings is 1. The fourth-order valence-electron chi connectivity index (χ4n) is 3.38. The van der Waals surface area contributed by atoms with Gasteiger partial charge in [0.15, 0.2) is 5.78 Å². The second-order valence-corrected chi connectivity index (χ2v) is 7.45. The summed E-state index contributed by atoms with van der Waals surface area (Å²) >= 11 is 5.93. The summed E-state index contributed by atoms with van der Waals surface area (Å²) in [6, 6.07) is 5.79. The molecule has 0 radical (unpaired) electrons. The molecule has 2 aromatic rings. The largest absolute Gasteiger partial charge is 0.464 e. The fraction of sp³-hybridized carbons (Fsp3) is 0.409. The van der Waals surface area contributed by atoms with Crippen molar-refractivity contribution in [3.63, 3.8) is 0 Å². The van der Waals surface area contributed by atoms with E-state index in [2.05, 4.69) is 4.98 Å². The van der Waals surface area contributed by atoms with E-state index >= 15 is 0 Å². The van der Waals surface area contributed by atoms with Crippen LogP contribution in [0.2, 0.25) is 5.02 Å². The SMILES string of the molecule is COCCCN(C(=O)c1ccc(Cl)cc1)[C@@H](C)C(=O)c1c(C)[nH]c(C(=O)OC)c1C. The molecule has 7 nitrogen and oxygen atoms in total. The Hall–Kier alpha value is -2.64. The molecule has 1 aromatic carbocycles. The van der Waals surface area contributed by atoms with Crippen LogP contribution in [0.3, 0.4) is 0 Å². The van der Waals surface area contributed by atoms with Crippen LogP contribution < -0.4 is 0 Å². The second-order valence-electron chi connectivity index (χ2n) is 7.01. The number of esters is 1. The molecule has 1 atom stereocenters. The number of rotatable bonds is 9. The number of hydrogen-bond acceptors (Lipinski definition) is 5. The number of hydrogen-bond donors (Lipinski definition) is 1. The van der Waals surface area contributed by atoms with Gasteiger partial charge in [-0.1, -0.05) is 11.6 Å². The summed E-state index contributed by atoms with van der Waals surface area (Å²) in [7, 11) is 2.87. The van der Waals surface area contributed by atoms with Gasteiger partial charge in [-0.15, -0.1) is 0 Å². The maximum atomic E-state index is 13.4. The Kier molecular flexibility index (Phi) is 8.20. The minimum absolute atomic E-state index is 0.237. The summed E-state index contributed by atoms with van der Waals surface area (Å²) in [6.07, 6.45) is 0.575. The predicted octanol–water partition coefficient (Wildman–Crippen LogP) is 3.82. The molecule has 0 aliphatic carbocycles. The van der Waals surface area contributed by atoms with Crippen molar-refractivity contribution in [2.24, 2.45) is 0 Å². The number of ether oxygens (including phenoxy) is 2. The lowest BCUT2D eigenvalue weighted by molar-refractivity contribution is 0.0591. The van der Waals surface area contributed by atoms with E-state index in [9.17, 15) is 14.4 Å². The molecule has 8 heteroatoms. The highest BCUT2D eigenvalue weighted by molar-refractivity contribution is 6.30. The van der Waals surface area contributed by atoms with Crippen molar-refractivity contribution >= 4 is 29.3 Å². The van der Waals surface area contributed by atoms with Crippen LogP contribution in [0.25, 0.3) is 0 Å². The molecule has 30 heavy (non-hydrogen) atoms. The Bertz CT molecular complexity index is 920. The van der Waals surface area contributed by atoms with Crippen molar-refractivity contribution in [2.75, 3.05) is 27.4 Å². The Balaban J connectivity index is 2.37. The zero-order valence-electron chi connectivity index (χ0n) is 17.9. The van der Waals surface area contributed by atoms with Gasteiger partial charge >= 0.3 is 5.97 Å². The summed E-state index contributed by atoms with van der Waals surface area (Å²) in [5, 5.41) is 0.524. The lowest BCUT2D eigenvalue weighted by Crippen LogP contribution is -2.44. The Morgan fingerprint density at radius 2 is 1.77 bits per heavy atom. The number of H-pyrrole nitrogens is 1. The van der Waals surface area contributed by atoms with E-state index in [0.29, 0.717) is 47.0 Å². The van der Waals surface area contributed by atoms with Crippen molar-refractivity contribution in [1.29, 1.82) is 0 Å². The van der Waals surface area contributed by atoms with Gasteiger partial charge in [-0.25, -0.2) is 4.79 Å². The molecule has 0 bridgehead atoms. The molecule has 0 unspecified atom stereocenters. The van der Waals surface area contributed by atoms with E-state index in [0.717, 1.165) is 0 Å². The molecule has 0 spiro atoms. The number of methoxy groups -OCH3 is 2. The number of aromatic nitrogens is 1. The normalized spacial score (nSPS) is 11.8. The van der Waals surface area contributed by atoms with Gasteiger partial charge < -0.3 is 19.4 Å². The molecule has 1 aromatic heterocycles. The number of aromatic amines is 1. The quantitative estimate of drug-likeness (QED) is 0.368. The van der Waals surface area contributed by atoms with Gasteiger partial charge in [-0.3, -0.25) is 9.59 Å². The van der Waals surface area contributed by atoms with Crippen molar-refractivity contribution in [1.82, 2.24) is 9.88 Å². The highest BCUT2D eigenvalue weighted by Gasteiger charge is 2.31. The molecule has 0 saturated heterocycles. The zero-order valence-corrected chi connectivity index (χ0v) is 18.6. The first-order valence-electron chi connectivity index (χ1n) is 9.60. The summed E-state index contributed by atoms with van der Waals surface area (Å²) in [4.78, 5) is 42.9. The third-order valence-corrected chi connectivity index (χ3v) is 5.27. The second kappa shape index (κ2) is 10.4. The number of aryl methyl sites for hydroxylation is 1. The average molecular weight is 435 g/mol. The van der Waals surface area contributed by atoms with Crippen molar-refractivity contribution in [2.45, 2.75) is 33.2 Å². The molecule has 1 heterocycles. The number of halogens is 1. The number of amides is 1. The third kappa shape index (κ3) is 5.09. The number of nitrogens with zero attached hydrogens (tertiary/aromatic N) is 1. The molecular formula is C22H27ClN2O5. The number of carbonyl (C=O) groups is 3. The monoisotopic (exact) mass is 434 g/mol. The lowest BCUT2D eigenvalue weighted by atomic mass is 9.99. The van der Waals surface area contributed by atoms with Gasteiger partial charge in [-0.05, 0) is 57.0 Å². The Morgan fingerprint density at radius 1 is 1.13 bits per heavy atom. The van der Waals surface area contributed by atoms with Crippen molar-refractivity contribution in [3.05, 3.63) is 57.4 Å². The minimum Gasteiger partial charge on any atom is -0.464 e. The lowest BCUT2D eigenvalue weighted by Gasteiger charge is -2.29. The smallest absolute Gasteiger partial charge is 0.354 e. The minimum atomic E-state index is -0.747. The first kappa shape index (κ1) is 23.6. The Labute approximate surface area is 181 Å². The molecular weight excluding hydrogens is 408 g/mol. The van der Waals surface area contributed by atoms with Crippen LogP contribution >= 0.6 is 11.6 Å². The highest BCUT2D eigenvalue weighted by atomic mass is 35.5. The predicted molar refractivity (Wildman–Crippen MR) is 114 cm³/mol. The van der Waals surface area contributed by atoms with E-state index in [4.69, 9.17) is 21.1 Å². The van der Waals surface area contributed by atoms with Crippen molar-refractivity contribution < 1.29 is 23.9 Å². The van der Waals surface area contributed by atoms with Gasteiger partial charge in [-0.2, -0.15) is 0 Å². The molecule has 162 valence electrons. The van der Waals surface area contributed by atoms with Gasteiger partial charge in [0, 0.05) is 42.1 Å². The van der Waals surface area contributed by atoms with Crippen LogP contribution in [-0.4, -0.2) is 61.0 Å². The van der Waals surface area contributed by atoms with Gasteiger partial charge in [0.2, 0.25) is 0 Å². The number of nitrogens with one attached hydrogen (secondary N) is 1. The third-order valence-electron chi connectivity index (χ3n) is 5.02. The maximum Gasteiger partial charge on any atom is 0.354 e. The van der Waals surface area contributed by atoms with Crippen LogP contribution in [0.4, 0.5) is 0 Å². The number of Topliss-reactive ketones (excluding diaryl/α,β-unsaturated/α-hetero) is 1. The van der Waals surface area contributed by atoms with Gasteiger partial charge in [0.05, 0.1) is 13.2 Å². The van der Waals surface area contributed by atoms with Crippen LogP contribution in [0.5, 0.6) is 0 Å². The number of ketones is 1. The van der Waals surface area contributed by atoms with Crippen LogP contribution in [0.1, 0.15) is 55.8 Å².